The first-order valence-corrected chi connectivity index (χ1v) is 6.84. The Morgan fingerprint density at radius 3 is 1.71 bits per heavy atom. The molecule has 4 aromatic rings. The maximum absolute atomic E-state index is 12.3. The van der Waals surface area contributed by atoms with E-state index in [4.69, 9.17) is 9.05 Å². The van der Waals surface area contributed by atoms with Crippen molar-refractivity contribution in [3.63, 3.8) is 0 Å². The molecule has 0 amide bonds. The van der Waals surface area contributed by atoms with Crippen molar-refractivity contribution in [1.29, 1.82) is 0 Å². The Hall–Kier alpha value is -3.75. The number of nitrogens with zero attached hydrogens (tertiary/aromatic N) is 6. The molecule has 0 aliphatic heterocycles. The minimum Gasteiger partial charge on any atom is -0.330 e. The van der Waals surface area contributed by atoms with E-state index in [0.717, 1.165) is 0 Å². The number of hydrogen-bond donors (Lipinski definition) is 0. The van der Waals surface area contributed by atoms with Crippen LogP contribution in [0.2, 0.25) is 0 Å². The van der Waals surface area contributed by atoms with Gasteiger partial charge in [0, 0.05) is 35.9 Å². The topological polar surface area (TPSA) is 121 Å². The van der Waals surface area contributed by atoms with E-state index < -0.39 is 5.78 Å². The highest BCUT2D eigenvalue weighted by molar-refractivity contribution is 6.02. The van der Waals surface area contributed by atoms with Gasteiger partial charge in [0.25, 0.3) is 0 Å². The summed E-state index contributed by atoms with van der Waals surface area (Å²) in [6.07, 6.45) is 6.36. The van der Waals surface area contributed by atoms with Crippen molar-refractivity contribution in [2.45, 2.75) is 0 Å². The predicted octanol–water partition coefficient (Wildman–Crippen LogP) is 1.81. The Balaban J connectivity index is 1.61. The van der Waals surface area contributed by atoms with Gasteiger partial charge in [0.15, 0.2) is 0 Å². The van der Waals surface area contributed by atoms with Gasteiger partial charge in [-0.1, -0.05) is 10.3 Å². The highest BCUT2D eigenvalue weighted by atomic mass is 16.5. The van der Waals surface area contributed by atoms with E-state index in [0.29, 0.717) is 11.1 Å². The molecule has 0 aliphatic rings. The van der Waals surface area contributed by atoms with Crippen LogP contribution in [0.4, 0.5) is 0 Å². The van der Waals surface area contributed by atoms with E-state index in [-0.39, 0.29) is 23.4 Å². The Morgan fingerprint density at radius 2 is 1.29 bits per heavy atom. The van der Waals surface area contributed by atoms with Gasteiger partial charge in [-0.25, -0.2) is 0 Å². The molecule has 0 N–H and O–H groups in total. The standard InChI is InChI=1S/C15H8N6O3/c22-11(14-18-12(20-23-14)9-3-1-5-16-7-9)15-19-13(21-24-15)10-4-2-6-17-8-10/h1-8H. The maximum Gasteiger partial charge on any atom is 0.308 e. The summed E-state index contributed by atoms with van der Waals surface area (Å²) in [4.78, 5) is 28.3. The summed E-state index contributed by atoms with van der Waals surface area (Å²) in [5, 5.41) is 7.50. The molecule has 9 nitrogen and oxygen atoms in total. The monoisotopic (exact) mass is 320 g/mol. The van der Waals surface area contributed by atoms with Gasteiger partial charge in [-0.15, -0.1) is 0 Å². The Kier molecular flexibility index (Phi) is 3.35. The summed E-state index contributed by atoms with van der Waals surface area (Å²) >= 11 is 0. The number of carbonyl (C=O) groups is 1. The molecule has 0 unspecified atom stereocenters. The van der Waals surface area contributed by atoms with Crippen LogP contribution in [0.3, 0.4) is 0 Å². The molecular weight excluding hydrogens is 312 g/mol. The van der Waals surface area contributed by atoms with Gasteiger partial charge in [0.1, 0.15) is 0 Å². The largest absolute Gasteiger partial charge is 0.330 e. The van der Waals surface area contributed by atoms with E-state index in [1.165, 1.54) is 0 Å². The first kappa shape index (κ1) is 13.9. The summed E-state index contributed by atoms with van der Waals surface area (Å²) in [6, 6.07) is 6.95. The van der Waals surface area contributed by atoms with Crippen molar-refractivity contribution in [1.82, 2.24) is 30.2 Å². The summed E-state index contributed by atoms with van der Waals surface area (Å²) in [6.45, 7) is 0. The smallest absolute Gasteiger partial charge is 0.308 e. The van der Waals surface area contributed by atoms with Crippen LogP contribution in [0.15, 0.2) is 58.1 Å². The number of rotatable bonds is 4. The van der Waals surface area contributed by atoms with Crippen molar-refractivity contribution < 1.29 is 13.8 Å². The molecule has 0 saturated carbocycles. The lowest BCUT2D eigenvalue weighted by Crippen LogP contribution is -2.02. The van der Waals surface area contributed by atoms with E-state index in [9.17, 15) is 4.79 Å². The molecule has 0 aliphatic carbocycles. The molecule has 0 aromatic carbocycles. The van der Waals surface area contributed by atoms with Crippen LogP contribution in [0.1, 0.15) is 16.6 Å². The van der Waals surface area contributed by atoms with E-state index >= 15 is 0 Å². The minimum atomic E-state index is -0.653. The highest BCUT2D eigenvalue weighted by Gasteiger charge is 2.24. The first-order chi connectivity index (χ1) is 11.8. The second-order valence-corrected chi connectivity index (χ2v) is 4.66. The maximum atomic E-state index is 12.3. The molecule has 24 heavy (non-hydrogen) atoms. The molecule has 0 atom stereocenters. The van der Waals surface area contributed by atoms with Crippen molar-refractivity contribution >= 4 is 5.78 Å². The molecular formula is C15H8N6O3. The van der Waals surface area contributed by atoms with Crippen LogP contribution < -0.4 is 0 Å². The third-order valence-electron chi connectivity index (χ3n) is 3.08. The summed E-state index contributed by atoms with van der Waals surface area (Å²) in [5.41, 5.74) is 1.25. The number of pyridine rings is 2. The zero-order valence-corrected chi connectivity index (χ0v) is 12.0. The highest BCUT2D eigenvalue weighted by Crippen LogP contribution is 2.17. The molecule has 0 saturated heterocycles. The Labute approximate surface area is 134 Å². The fourth-order valence-corrected chi connectivity index (χ4v) is 1.95. The fourth-order valence-electron chi connectivity index (χ4n) is 1.95. The molecule has 0 radical (unpaired) electrons. The van der Waals surface area contributed by atoms with E-state index in [2.05, 4.69) is 30.2 Å². The minimum absolute atomic E-state index is 0.241. The zero-order chi connectivity index (χ0) is 16.4. The third kappa shape index (κ3) is 2.54. The normalized spacial score (nSPS) is 10.7. The van der Waals surface area contributed by atoms with E-state index in [1.807, 2.05) is 0 Å². The fraction of sp³-hybridized carbons (Fsp3) is 0. The number of aromatic nitrogens is 6. The predicted molar refractivity (Wildman–Crippen MR) is 78.5 cm³/mol. The van der Waals surface area contributed by atoms with Gasteiger partial charge in [-0.2, -0.15) is 9.97 Å². The average molecular weight is 320 g/mol. The number of hydrogen-bond acceptors (Lipinski definition) is 9. The van der Waals surface area contributed by atoms with Crippen molar-refractivity contribution in [2.24, 2.45) is 0 Å². The summed E-state index contributed by atoms with van der Waals surface area (Å²) in [7, 11) is 0. The molecule has 4 rings (SSSR count). The Morgan fingerprint density at radius 1 is 0.792 bits per heavy atom. The second-order valence-electron chi connectivity index (χ2n) is 4.66. The van der Waals surface area contributed by atoms with Crippen LogP contribution in [0, 0.1) is 0 Å². The summed E-state index contributed by atoms with van der Waals surface area (Å²) < 4.78 is 9.94. The quantitative estimate of drug-likeness (QED) is 0.518. The van der Waals surface area contributed by atoms with Gasteiger partial charge < -0.3 is 9.05 Å². The molecule has 116 valence electrons. The van der Waals surface area contributed by atoms with Gasteiger partial charge in [-0.3, -0.25) is 14.8 Å². The lowest BCUT2D eigenvalue weighted by Gasteiger charge is -1.90. The molecule has 0 spiro atoms. The molecule has 0 fully saturated rings. The second kappa shape index (κ2) is 5.80. The SMILES string of the molecule is O=C(c1nc(-c2cccnc2)no1)c1nc(-c2cccnc2)no1. The lowest BCUT2D eigenvalue weighted by atomic mass is 10.3. The van der Waals surface area contributed by atoms with Crippen molar-refractivity contribution in [3.8, 4) is 22.8 Å². The zero-order valence-electron chi connectivity index (χ0n) is 12.0. The molecule has 4 aromatic heterocycles. The van der Waals surface area contributed by atoms with Gasteiger partial charge in [-0.05, 0) is 24.3 Å². The van der Waals surface area contributed by atoms with Crippen LogP contribution in [-0.4, -0.2) is 36.0 Å². The first-order valence-electron chi connectivity index (χ1n) is 6.84. The summed E-state index contributed by atoms with van der Waals surface area (Å²) in [5.74, 6) is -0.636. The molecule has 4 heterocycles. The average Bonchev–Trinajstić information content (AvgIpc) is 3.33. The van der Waals surface area contributed by atoms with Crippen LogP contribution >= 0.6 is 0 Å². The number of ketones is 1. The Bertz CT molecular complexity index is 901. The molecule has 9 heteroatoms. The van der Waals surface area contributed by atoms with E-state index in [1.54, 1.807) is 49.1 Å². The van der Waals surface area contributed by atoms with Crippen LogP contribution in [-0.2, 0) is 0 Å². The van der Waals surface area contributed by atoms with Crippen LogP contribution in [0.5, 0.6) is 0 Å². The third-order valence-corrected chi connectivity index (χ3v) is 3.08. The van der Waals surface area contributed by atoms with Crippen molar-refractivity contribution in [3.05, 3.63) is 60.8 Å². The molecule has 0 bridgehead atoms. The van der Waals surface area contributed by atoms with Crippen molar-refractivity contribution in [2.75, 3.05) is 0 Å². The lowest BCUT2D eigenvalue weighted by molar-refractivity contribution is 0.0952. The van der Waals surface area contributed by atoms with Gasteiger partial charge in [0.2, 0.25) is 11.6 Å². The van der Waals surface area contributed by atoms with Crippen LogP contribution in [0.25, 0.3) is 22.8 Å². The van der Waals surface area contributed by atoms with Gasteiger partial charge in [0.05, 0.1) is 0 Å². The number of carbonyl (C=O) groups excluding carboxylic acids is 1. The van der Waals surface area contributed by atoms with Gasteiger partial charge >= 0.3 is 17.6 Å².